The number of fused-ring (bicyclic) bond motifs is 5. The van der Waals surface area contributed by atoms with Crippen LogP contribution in [-0.2, 0) is 14.3 Å². The van der Waals surface area contributed by atoms with Gasteiger partial charge in [-0.2, -0.15) is 0 Å². The molecule has 2 unspecified atom stereocenters. The van der Waals surface area contributed by atoms with Crippen molar-refractivity contribution in [3.8, 4) is 0 Å². The highest BCUT2D eigenvalue weighted by atomic mass is 16.6. The Hall–Kier alpha value is -1.39. The van der Waals surface area contributed by atoms with E-state index in [1.807, 2.05) is 0 Å². The van der Waals surface area contributed by atoms with E-state index in [9.17, 15) is 9.90 Å². The lowest BCUT2D eigenvalue weighted by atomic mass is 9.46. The van der Waals surface area contributed by atoms with E-state index in [2.05, 4.69) is 61.1 Å². The van der Waals surface area contributed by atoms with Crippen LogP contribution in [0.3, 0.4) is 0 Å². The van der Waals surface area contributed by atoms with E-state index < -0.39 is 12.2 Å². The molecule has 36 heavy (non-hydrogen) atoms. The first-order chi connectivity index (χ1) is 16.7. The quantitative estimate of drug-likeness (QED) is 0.250. The largest absolute Gasteiger partial charge is 0.458 e. The third kappa shape index (κ3) is 3.64. The van der Waals surface area contributed by atoms with E-state index in [1.54, 1.807) is 0 Å². The number of allylic oxidation sites excluding steroid dienone is 3. The van der Waals surface area contributed by atoms with Crippen LogP contribution < -0.4 is 0 Å². The van der Waals surface area contributed by atoms with Crippen molar-refractivity contribution in [2.75, 3.05) is 0 Å². The zero-order valence-electron chi connectivity index (χ0n) is 23.8. The number of aliphatic hydroxyl groups is 1. The van der Waals surface area contributed by atoms with Crippen LogP contribution in [0.1, 0.15) is 93.9 Å². The number of carbonyl (C=O) groups excluding carboxylic acids is 1. The molecule has 0 amide bonds. The van der Waals surface area contributed by atoms with Gasteiger partial charge in [-0.05, 0) is 89.7 Å². The second kappa shape index (κ2) is 8.56. The summed E-state index contributed by atoms with van der Waals surface area (Å²) >= 11 is 0. The Bertz CT molecular complexity index is 1020. The van der Waals surface area contributed by atoms with Crippen LogP contribution in [0.4, 0.5) is 0 Å². The van der Waals surface area contributed by atoms with Gasteiger partial charge in [-0.3, -0.25) is 4.79 Å². The summed E-state index contributed by atoms with van der Waals surface area (Å²) in [6.07, 6.45) is 7.86. The third-order valence-corrected chi connectivity index (χ3v) is 11.4. The van der Waals surface area contributed by atoms with Crippen LogP contribution >= 0.6 is 0 Å². The number of carbonyl (C=O) groups is 1. The number of hydrogen-bond donors (Lipinski definition) is 1. The van der Waals surface area contributed by atoms with Crippen molar-refractivity contribution in [1.82, 2.24) is 0 Å². The molecule has 1 aliphatic heterocycles. The van der Waals surface area contributed by atoms with Gasteiger partial charge < -0.3 is 14.6 Å². The summed E-state index contributed by atoms with van der Waals surface area (Å²) < 4.78 is 12.3. The lowest BCUT2D eigenvalue weighted by molar-refractivity contribution is -0.166. The first-order valence-corrected chi connectivity index (χ1v) is 14.4. The molecule has 2 fully saturated rings. The molecule has 0 bridgehead atoms. The van der Waals surface area contributed by atoms with E-state index in [0.717, 1.165) is 44.1 Å². The fraction of sp³-hybridized carbons (Fsp3) is 0.781. The van der Waals surface area contributed by atoms with Crippen LogP contribution in [-0.4, -0.2) is 35.5 Å². The smallest absolute Gasteiger partial charge is 0.303 e. The van der Waals surface area contributed by atoms with E-state index in [-0.39, 0.29) is 28.3 Å². The van der Waals surface area contributed by atoms with Gasteiger partial charge in [0, 0.05) is 12.3 Å². The van der Waals surface area contributed by atoms with E-state index in [0.29, 0.717) is 29.8 Å². The van der Waals surface area contributed by atoms with Gasteiger partial charge in [0.2, 0.25) is 0 Å². The van der Waals surface area contributed by atoms with Gasteiger partial charge in [-0.1, -0.05) is 66.7 Å². The van der Waals surface area contributed by atoms with Gasteiger partial charge in [0.1, 0.15) is 12.2 Å². The molecule has 0 aromatic carbocycles. The highest BCUT2D eigenvalue weighted by molar-refractivity contribution is 5.67. The molecule has 1 heterocycles. The summed E-state index contributed by atoms with van der Waals surface area (Å²) in [5.74, 6) is 1.40. The molecule has 4 heteroatoms. The van der Waals surface area contributed by atoms with Crippen molar-refractivity contribution < 1.29 is 19.4 Å². The SMILES string of the molecule is C=C(CC[C@@H](C)[C@H]1CC=C2C3=C([C@@H](O)[C@H](OC(C)=O)C21C)C1(C)C[C@@H]2O[C@@H]2C(C)(C)[C@@H]1CC3)C(C)C. The number of aliphatic hydroxyl groups excluding tert-OH is 1. The maximum absolute atomic E-state index is 12.4. The van der Waals surface area contributed by atoms with Gasteiger partial charge in [-0.15, -0.1) is 0 Å². The van der Waals surface area contributed by atoms with Crippen molar-refractivity contribution in [2.45, 2.75) is 118 Å². The normalized spacial score (nSPS) is 43.1. The Kier molecular flexibility index (Phi) is 6.24. The molecule has 0 spiro atoms. The minimum atomic E-state index is -0.775. The maximum atomic E-state index is 12.4. The Labute approximate surface area is 218 Å². The Morgan fingerprint density at radius 3 is 2.58 bits per heavy atom. The van der Waals surface area contributed by atoms with Gasteiger partial charge in [0.25, 0.3) is 0 Å². The monoisotopic (exact) mass is 496 g/mol. The molecule has 1 saturated heterocycles. The standard InChI is InChI=1S/C32H48O4/c1-17(2)18(3)10-11-19(4)22-13-14-23-21-12-15-25-30(6,7)28-24(36-28)16-31(25,8)26(21)27(34)29(32(22,23)9)35-20(5)33/h14,17,19,22,24-25,27-29,34H,3,10-13,15-16H2,1-2,4-9H3/t19-,22-,24+,25+,27-,28+,29+,31?,32?/m1/s1. The van der Waals surface area contributed by atoms with Crippen molar-refractivity contribution in [1.29, 1.82) is 0 Å². The molecule has 0 aromatic heterocycles. The fourth-order valence-corrected chi connectivity index (χ4v) is 9.38. The number of hydrogen-bond acceptors (Lipinski definition) is 4. The number of ether oxygens (including phenoxy) is 2. The molecular weight excluding hydrogens is 448 g/mol. The molecule has 5 rings (SSSR count). The van der Waals surface area contributed by atoms with Crippen molar-refractivity contribution in [3.63, 3.8) is 0 Å². The Morgan fingerprint density at radius 1 is 1.25 bits per heavy atom. The van der Waals surface area contributed by atoms with Crippen molar-refractivity contribution >= 4 is 5.97 Å². The minimum absolute atomic E-state index is 0.0769. The lowest BCUT2D eigenvalue weighted by Gasteiger charge is -2.59. The summed E-state index contributed by atoms with van der Waals surface area (Å²) in [6, 6.07) is 0. The topological polar surface area (TPSA) is 59.1 Å². The number of rotatable bonds is 6. The fourth-order valence-electron chi connectivity index (χ4n) is 9.38. The van der Waals surface area contributed by atoms with Crippen LogP contribution in [0.5, 0.6) is 0 Å². The predicted molar refractivity (Wildman–Crippen MR) is 143 cm³/mol. The summed E-state index contributed by atoms with van der Waals surface area (Å²) in [5.41, 5.74) is 4.72. The summed E-state index contributed by atoms with van der Waals surface area (Å²) in [4.78, 5) is 12.4. The third-order valence-electron chi connectivity index (χ3n) is 11.4. The minimum Gasteiger partial charge on any atom is -0.458 e. The first kappa shape index (κ1) is 26.2. The predicted octanol–water partition coefficient (Wildman–Crippen LogP) is 6.78. The molecule has 4 aliphatic carbocycles. The molecule has 200 valence electrons. The van der Waals surface area contributed by atoms with Gasteiger partial charge >= 0.3 is 5.97 Å². The summed E-state index contributed by atoms with van der Waals surface area (Å²) in [5, 5.41) is 12.2. The summed E-state index contributed by atoms with van der Waals surface area (Å²) in [7, 11) is 0. The average molecular weight is 497 g/mol. The highest BCUT2D eigenvalue weighted by Gasteiger charge is 2.68. The average Bonchev–Trinajstić information content (AvgIpc) is 3.47. The number of esters is 1. The van der Waals surface area contributed by atoms with Crippen molar-refractivity contribution in [2.24, 2.45) is 39.9 Å². The van der Waals surface area contributed by atoms with Gasteiger partial charge in [0.05, 0.1) is 12.2 Å². The zero-order chi connectivity index (χ0) is 26.4. The first-order valence-electron chi connectivity index (χ1n) is 14.4. The molecule has 1 saturated carbocycles. The van der Waals surface area contributed by atoms with E-state index in [4.69, 9.17) is 9.47 Å². The van der Waals surface area contributed by atoms with Gasteiger partial charge in [0.15, 0.2) is 0 Å². The molecule has 4 nitrogen and oxygen atoms in total. The van der Waals surface area contributed by atoms with Gasteiger partial charge in [-0.25, -0.2) is 0 Å². The molecular formula is C32H48O4. The van der Waals surface area contributed by atoms with Crippen LogP contribution in [0.25, 0.3) is 0 Å². The molecule has 0 radical (unpaired) electrons. The lowest BCUT2D eigenvalue weighted by Crippen LogP contribution is -2.59. The molecule has 0 aromatic rings. The highest BCUT2D eigenvalue weighted by Crippen LogP contribution is 2.69. The van der Waals surface area contributed by atoms with Crippen LogP contribution in [0.15, 0.2) is 34.9 Å². The van der Waals surface area contributed by atoms with Crippen LogP contribution in [0.2, 0.25) is 0 Å². The summed E-state index contributed by atoms with van der Waals surface area (Å²) in [6.45, 7) is 21.9. The second-order valence-electron chi connectivity index (χ2n) is 14.1. The number of epoxide rings is 1. The molecule has 1 N–H and O–H groups in total. The van der Waals surface area contributed by atoms with E-state index >= 15 is 0 Å². The second-order valence-corrected chi connectivity index (χ2v) is 14.1. The van der Waals surface area contributed by atoms with Crippen molar-refractivity contribution in [3.05, 3.63) is 34.9 Å². The maximum Gasteiger partial charge on any atom is 0.303 e. The van der Waals surface area contributed by atoms with Crippen LogP contribution in [0, 0.1) is 39.9 Å². The Balaban J connectivity index is 1.54. The molecule has 9 atom stereocenters. The zero-order valence-corrected chi connectivity index (χ0v) is 23.8. The molecule has 5 aliphatic rings. The van der Waals surface area contributed by atoms with E-state index in [1.165, 1.54) is 23.6 Å². The Morgan fingerprint density at radius 2 is 1.94 bits per heavy atom.